The lowest BCUT2D eigenvalue weighted by Crippen LogP contribution is -2.67. The van der Waals surface area contributed by atoms with Crippen LogP contribution in [0.15, 0.2) is 18.2 Å². The van der Waals surface area contributed by atoms with E-state index in [2.05, 4.69) is 0 Å². The molecule has 0 aromatic heterocycles. The van der Waals surface area contributed by atoms with E-state index in [1.807, 2.05) is 0 Å². The molecule has 1 aromatic carbocycles. The highest BCUT2D eigenvalue weighted by Crippen LogP contribution is 2.73. The van der Waals surface area contributed by atoms with Crippen molar-refractivity contribution in [3.8, 4) is 0 Å². The summed E-state index contributed by atoms with van der Waals surface area (Å²) in [5.74, 6) is -0.625. The zero-order valence-electron chi connectivity index (χ0n) is 8.39. The van der Waals surface area contributed by atoms with E-state index in [-0.39, 0.29) is 22.5 Å². The molecule has 0 spiro atoms. The third-order valence-electron chi connectivity index (χ3n) is 4.07. The van der Waals surface area contributed by atoms with E-state index in [0.29, 0.717) is 12.1 Å². The molecule has 3 aliphatic rings. The lowest BCUT2D eigenvalue weighted by molar-refractivity contribution is -0.134. The van der Waals surface area contributed by atoms with E-state index in [0.717, 1.165) is 19.3 Å². The number of benzene rings is 1. The molecule has 0 radical (unpaired) electrons. The fraction of sp³-hybridized carbons (Fsp3) is 0.500. The average molecular weight is 209 g/mol. The summed E-state index contributed by atoms with van der Waals surface area (Å²) in [6.45, 7) is 0.672. The fourth-order valence-corrected chi connectivity index (χ4v) is 3.40. The Kier molecular flexibility index (Phi) is 1.60. The zero-order valence-corrected chi connectivity index (χ0v) is 8.39. The van der Waals surface area contributed by atoms with Gasteiger partial charge in [0.2, 0.25) is 0 Å². The Bertz CT molecular complexity index is 408. The molecule has 0 heterocycles. The highest BCUT2D eigenvalue weighted by molar-refractivity contribution is 5.39. The zero-order chi connectivity index (χ0) is 10.7. The van der Waals surface area contributed by atoms with Gasteiger partial charge in [-0.05, 0) is 55.0 Å². The van der Waals surface area contributed by atoms with Gasteiger partial charge in [0.25, 0.3) is 0 Å². The minimum Gasteiger partial charge on any atom is -0.330 e. The van der Waals surface area contributed by atoms with E-state index in [1.54, 1.807) is 0 Å². The molecular weight excluding hydrogens is 196 g/mol. The van der Waals surface area contributed by atoms with Crippen LogP contribution in [0.3, 0.4) is 0 Å². The summed E-state index contributed by atoms with van der Waals surface area (Å²) in [4.78, 5) is 0. The second-order valence-corrected chi connectivity index (χ2v) is 5.14. The van der Waals surface area contributed by atoms with Gasteiger partial charge in [-0.2, -0.15) is 0 Å². The van der Waals surface area contributed by atoms with Crippen LogP contribution in [0.1, 0.15) is 24.8 Å². The van der Waals surface area contributed by atoms with E-state index < -0.39 is 0 Å². The second kappa shape index (κ2) is 2.59. The predicted octanol–water partition coefficient (Wildman–Crippen LogP) is 2.35. The molecule has 4 rings (SSSR count). The first-order valence-electron chi connectivity index (χ1n) is 5.25. The Balaban J connectivity index is 1.93. The molecule has 3 fully saturated rings. The molecule has 0 aliphatic heterocycles. The van der Waals surface area contributed by atoms with Crippen molar-refractivity contribution < 1.29 is 8.78 Å². The van der Waals surface area contributed by atoms with Gasteiger partial charge in [0, 0.05) is 5.41 Å². The van der Waals surface area contributed by atoms with Crippen LogP contribution in [0.2, 0.25) is 0 Å². The first kappa shape index (κ1) is 9.28. The smallest absolute Gasteiger partial charge is 0.127 e. The maximum absolute atomic E-state index is 13.5. The highest BCUT2D eigenvalue weighted by Gasteiger charge is 2.68. The van der Waals surface area contributed by atoms with Crippen LogP contribution in [0.25, 0.3) is 0 Å². The Morgan fingerprint density at radius 2 is 1.87 bits per heavy atom. The third-order valence-corrected chi connectivity index (χ3v) is 4.07. The van der Waals surface area contributed by atoms with Crippen LogP contribution in [0, 0.1) is 17.0 Å². The molecule has 80 valence electrons. The van der Waals surface area contributed by atoms with Gasteiger partial charge in [-0.15, -0.1) is 0 Å². The summed E-state index contributed by atoms with van der Waals surface area (Å²) < 4.78 is 26.6. The molecule has 1 nitrogen and oxygen atoms in total. The largest absolute Gasteiger partial charge is 0.330 e. The Morgan fingerprint density at radius 3 is 2.47 bits per heavy atom. The van der Waals surface area contributed by atoms with Crippen LogP contribution in [-0.4, -0.2) is 6.54 Å². The van der Waals surface area contributed by atoms with Gasteiger partial charge in [-0.3, -0.25) is 0 Å². The second-order valence-electron chi connectivity index (χ2n) is 5.14. The Labute approximate surface area is 87.3 Å². The summed E-state index contributed by atoms with van der Waals surface area (Å²) >= 11 is 0. The van der Waals surface area contributed by atoms with Crippen LogP contribution in [0.4, 0.5) is 8.78 Å². The van der Waals surface area contributed by atoms with Crippen molar-refractivity contribution in [2.24, 2.45) is 11.1 Å². The Hall–Kier alpha value is -0.960. The van der Waals surface area contributed by atoms with Crippen molar-refractivity contribution in [3.05, 3.63) is 35.4 Å². The van der Waals surface area contributed by atoms with Crippen molar-refractivity contribution >= 4 is 0 Å². The van der Waals surface area contributed by atoms with Gasteiger partial charge in [-0.1, -0.05) is 0 Å². The van der Waals surface area contributed by atoms with Crippen molar-refractivity contribution in [1.82, 2.24) is 0 Å². The lowest BCUT2D eigenvalue weighted by atomic mass is 9.33. The van der Waals surface area contributed by atoms with Crippen molar-refractivity contribution in [2.45, 2.75) is 24.7 Å². The van der Waals surface area contributed by atoms with Gasteiger partial charge < -0.3 is 5.73 Å². The summed E-state index contributed by atoms with van der Waals surface area (Å²) in [7, 11) is 0. The maximum Gasteiger partial charge on any atom is 0.127 e. The minimum atomic E-state index is -0.349. The number of hydrogen-bond donors (Lipinski definition) is 1. The lowest BCUT2D eigenvalue weighted by Gasteiger charge is -2.71. The van der Waals surface area contributed by atoms with Gasteiger partial charge >= 0.3 is 0 Å². The van der Waals surface area contributed by atoms with Crippen molar-refractivity contribution in [1.29, 1.82) is 0 Å². The normalized spacial score (nSPS) is 37.0. The molecule has 0 atom stereocenters. The predicted molar refractivity (Wildman–Crippen MR) is 53.4 cm³/mol. The van der Waals surface area contributed by atoms with Crippen LogP contribution in [-0.2, 0) is 5.41 Å². The molecule has 2 bridgehead atoms. The molecule has 0 unspecified atom stereocenters. The van der Waals surface area contributed by atoms with Crippen molar-refractivity contribution in [3.63, 3.8) is 0 Å². The molecule has 2 N–H and O–H groups in total. The quantitative estimate of drug-likeness (QED) is 0.795. The summed E-state index contributed by atoms with van der Waals surface area (Å²) in [6.07, 6.45) is 2.78. The van der Waals surface area contributed by atoms with Crippen LogP contribution in [0.5, 0.6) is 0 Å². The Morgan fingerprint density at radius 1 is 1.20 bits per heavy atom. The van der Waals surface area contributed by atoms with E-state index in [1.165, 1.54) is 18.2 Å². The van der Waals surface area contributed by atoms with Gasteiger partial charge in [0.1, 0.15) is 11.6 Å². The third kappa shape index (κ3) is 1.04. The fourth-order valence-electron chi connectivity index (χ4n) is 3.40. The molecule has 3 saturated carbocycles. The monoisotopic (exact) mass is 209 g/mol. The van der Waals surface area contributed by atoms with Gasteiger partial charge in [0.05, 0.1) is 0 Å². The van der Waals surface area contributed by atoms with Crippen LogP contribution >= 0.6 is 0 Å². The SMILES string of the molecule is NCC12CC(c3cc(F)ccc3F)(C1)C2. The van der Waals surface area contributed by atoms with E-state index in [9.17, 15) is 8.78 Å². The van der Waals surface area contributed by atoms with E-state index >= 15 is 0 Å². The molecule has 0 amide bonds. The van der Waals surface area contributed by atoms with E-state index in [4.69, 9.17) is 5.73 Å². The highest BCUT2D eigenvalue weighted by atomic mass is 19.1. The molecule has 1 aromatic rings. The number of halogens is 2. The average Bonchev–Trinajstić information content (AvgIpc) is 2.07. The standard InChI is InChI=1S/C12H13F2N/c13-8-1-2-10(14)9(3-8)12-4-11(5-12,6-12)7-15/h1-3H,4-7,15H2. The molecule has 0 saturated heterocycles. The summed E-state index contributed by atoms with van der Waals surface area (Å²) in [5.41, 5.74) is 6.35. The topological polar surface area (TPSA) is 26.0 Å². The summed E-state index contributed by atoms with van der Waals surface area (Å²) in [6, 6.07) is 3.73. The molecule has 3 aliphatic carbocycles. The maximum atomic E-state index is 13.5. The molecule has 15 heavy (non-hydrogen) atoms. The van der Waals surface area contributed by atoms with Crippen LogP contribution < -0.4 is 5.73 Å². The number of rotatable bonds is 2. The summed E-state index contributed by atoms with van der Waals surface area (Å²) in [5, 5.41) is 0. The first-order valence-corrected chi connectivity index (χ1v) is 5.25. The van der Waals surface area contributed by atoms with Gasteiger partial charge in [0.15, 0.2) is 0 Å². The molecule has 3 heteroatoms. The number of nitrogens with two attached hydrogens (primary N) is 1. The van der Waals surface area contributed by atoms with Gasteiger partial charge in [-0.25, -0.2) is 8.78 Å². The molecular formula is C12H13F2N. The first-order chi connectivity index (χ1) is 7.09. The minimum absolute atomic E-state index is 0.0917. The number of hydrogen-bond acceptors (Lipinski definition) is 1. The van der Waals surface area contributed by atoms with Crippen molar-refractivity contribution in [2.75, 3.05) is 6.54 Å².